The van der Waals surface area contributed by atoms with Crippen molar-refractivity contribution in [2.24, 2.45) is 5.73 Å². The average molecular weight is 321 g/mol. The van der Waals surface area contributed by atoms with E-state index in [1.807, 2.05) is 0 Å². The summed E-state index contributed by atoms with van der Waals surface area (Å²) in [5.41, 5.74) is 4.28. The minimum Gasteiger partial charge on any atom is -0.391 e. The summed E-state index contributed by atoms with van der Waals surface area (Å²) in [7, 11) is 0. The quantitative estimate of drug-likeness (QED) is 0.647. The Hall–Kier alpha value is -1.27. The Morgan fingerprint density at radius 3 is 2.35 bits per heavy atom. The first-order valence-corrected chi connectivity index (χ1v) is 6.83. The molecular weight excluding hydrogens is 306 g/mol. The highest BCUT2D eigenvalue weighted by Gasteiger charge is 2.32. The molecule has 0 saturated carbocycles. The summed E-state index contributed by atoms with van der Waals surface area (Å²) in [4.78, 5) is 12.2. The number of benzene rings is 1. The van der Waals surface area contributed by atoms with Crippen LogP contribution in [0.4, 0.5) is 8.78 Å². The van der Waals surface area contributed by atoms with Crippen molar-refractivity contribution in [3.63, 3.8) is 0 Å². The molecule has 110 valence electrons. The lowest BCUT2D eigenvalue weighted by Crippen LogP contribution is -2.56. The van der Waals surface area contributed by atoms with Gasteiger partial charge in [-0.3, -0.25) is 4.79 Å². The summed E-state index contributed by atoms with van der Waals surface area (Å²) in [5, 5.41) is 2.19. The normalized spacial score (nSPS) is 11.2. The van der Waals surface area contributed by atoms with Gasteiger partial charge in [0.05, 0.1) is 21.1 Å². The van der Waals surface area contributed by atoms with Gasteiger partial charge in [0.2, 0.25) is 0 Å². The highest BCUT2D eigenvalue weighted by molar-refractivity contribution is 7.80. The molecule has 0 spiro atoms. The van der Waals surface area contributed by atoms with Gasteiger partial charge in [0.1, 0.15) is 11.6 Å². The molecule has 1 amide bonds. The van der Waals surface area contributed by atoms with Gasteiger partial charge in [-0.1, -0.05) is 37.7 Å². The Kier molecular flexibility index (Phi) is 5.42. The van der Waals surface area contributed by atoms with Crippen molar-refractivity contribution in [3.8, 4) is 0 Å². The fourth-order valence-corrected chi connectivity index (χ4v) is 2.31. The number of nitrogens with two attached hydrogens (primary N) is 1. The van der Waals surface area contributed by atoms with Crippen molar-refractivity contribution in [1.29, 1.82) is 0 Å². The largest absolute Gasteiger partial charge is 0.391 e. The monoisotopic (exact) mass is 320 g/mol. The maximum atomic E-state index is 13.7. The Morgan fingerprint density at radius 1 is 1.35 bits per heavy atom. The second-order valence-corrected chi connectivity index (χ2v) is 5.20. The first-order chi connectivity index (χ1) is 9.27. The van der Waals surface area contributed by atoms with E-state index in [4.69, 9.17) is 29.6 Å². The summed E-state index contributed by atoms with van der Waals surface area (Å²) in [6.07, 6.45) is 0.893. The highest BCUT2D eigenvalue weighted by Crippen LogP contribution is 2.21. The molecule has 3 nitrogen and oxygen atoms in total. The van der Waals surface area contributed by atoms with Gasteiger partial charge in [-0.05, 0) is 25.0 Å². The molecule has 1 aromatic rings. The summed E-state index contributed by atoms with van der Waals surface area (Å²) in [5.74, 6) is -2.56. The molecule has 0 aliphatic heterocycles. The molecule has 1 rings (SSSR count). The van der Waals surface area contributed by atoms with Crippen LogP contribution in [0.25, 0.3) is 0 Å². The number of halogens is 3. The topological polar surface area (TPSA) is 55.1 Å². The van der Waals surface area contributed by atoms with Gasteiger partial charge in [-0.25, -0.2) is 8.78 Å². The zero-order chi connectivity index (χ0) is 15.5. The summed E-state index contributed by atoms with van der Waals surface area (Å²) >= 11 is 10.4. The third-order valence-corrected chi connectivity index (χ3v) is 3.97. The van der Waals surface area contributed by atoms with E-state index >= 15 is 0 Å². The number of carbonyl (C=O) groups is 1. The van der Waals surface area contributed by atoms with Crippen LogP contribution >= 0.6 is 23.8 Å². The Bertz CT molecular complexity index is 547. The van der Waals surface area contributed by atoms with Crippen LogP contribution in [0.15, 0.2) is 12.1 Å². The smallest absolute Gasteiger partial charge is 0.255 e. The molecule has 7 heteroatoms. The summed E-state index contributed by atoms with van der Waals surface area (Å²) in [6.45, 7) is 3.59. The molecule has 0 aromatic heterocycles. The lowest BCUT2D eigenvalue weighted by atomic mass is 9.92. The second kappa shape index (κ2) is 6.45. The molecule has 0 bridgehead atoms. The van der Waals surface area contributed by atoms with Crippen LogP contribution in [0.2, 0.25) is 5.02 Å². The average Bonchev–Trinajstić information content (AvgIpc) is 2.39. The minimum atomic E-state index is -0.922. The van der Waals surface area contributed by atoms with E-state index in [0.717, 1.165) is 12.1 Å². The van der Waals surface area contributed by atoms with E-state index in [0.29, 0.717) is 12.8 Å². The molecule has 0 aliphatic rings. The van der Waals surface area contributed by atoms with Gasteiger partial charge in [0.15, 0.2) is 0 Å². The van der Waals surface area contributed by atoms with Crippen molar-refractivity contribution >= 4 is 34.7 Å². The van der Waals surface area contributed by atoms with Gasteiger partial charge >= 0.3 is 0 Å². The van der Waals surface area contributed by atoms with Crippen LogP contribution in [0.5, 0.6) is 0 Å². The number of hydrogen-bond donors (Lipinski definition) is 2. The van der Waals surface area contributed by atoms with Crippen molar-refractivity contribution in [1.82, 2.24) is 5.32 Å². The number of hydrogen-bond acceptors (Lipinski definition) is 2. The number of thiocarbonyl (C=S) groups is 1. The number of amides is 1. The second-order valence-electron chi connectivity index (χ2n) is 4.35. The summed E-state index contributed by atoms with van der Waals surface area (Å²) < 4.78 is 27.0. The fraction of sp³-hybridized carbons (Fsp3) is 0.385. The van der Waals surface area contributed by atoms with E-state index in [1.54, 1.807) is 13.8 Å². The molecule has 0 fully saturated rings. The number of rotatable bonds is 5. The third kappa shape index (κ3) is 3.24. The van der Waals surface area contributed by atoms with E-state index in [1.165, 1.54) is 0 Å². The molecule has 0 radical (unpaired) electrons. The Labute approximate surface area is 126 Å². The molecule has 0 aliphatic carbocycles. The predicted octanol–water partition coefficient (Wildman–Crippen LogP) is 3.19. The fourth-order valence-electron chi connectivity index (χ4n) is 1.82. The highest BCUT2D eigenvalue weighted by atomic mass is 35.5. The predicted molar refractivity (Wildman–Crippen MR) is 78.9 cm³/mol. The van der Waals surface area contributed by atoms with Crippen LogP contribution in [0.1, 0.15) is 37.0 Å². The standard InChI is InChI=1S/C13H15ClF2N2OS/c1-3-13(4-2,12(17)20)18-11(19)7-5-10(16)8(14)6-9(7)15/h5-6H,3-4H2,1-2H3,(H2,17,20)(H,18,19). The minimum absolute atomic E-state index is 0.102. The Balaban J connectivity index is 3.13. The third-order valence-electron chi connectivity index (χ3n) is 3.29. The first kappa shape index (κ1) is 16.8. The molecule has 0 heterocycles. The molecule has 0 unspecified atom stereocenters. The lowest BCUT2D eigenvalue weighted by molar-refractivity contribution is 0.0915. The number of nitrogens with one attached hydrogen (secondary N) is 1. The maximum absolute atomic E-state index is 13.7. The molecular formula is C13H15ClF2N2OS. The molecule has 0 saturated heterocycles. The SMILES string of the molecule is CCC(CC)(NC(=O)c1cc(F)c(Cl)cc1F)C(N)=S. The van der Waals surface area contributed by atoms with Gasteiger partial charge < -0.3 is 11.1 Å². The van der Waals surface area contributed by atoms with Crippen molar-refractivity contribution in [2.75, 3.05) is 0 Å². The van der Waals surface area contributed by atoms with Gasteiger partial charge in [0.25, 0.3) is 5.91 Å². The van der Waals surface area contributed by atoms with E-state index in [2.05, 4.69) is 5.32 Å². The van der Waals surface area contributed by atoms with Crippen molar-refractivity contribution in [2.45, 2.75) is 32.2 Å². The maximum Gasteiger partial charge on any atom is 0.255 e. The summed E-state index contributed by atoms with van der Waals surface area (Å²) in [6, 6.07) is 1.51. The number of carbonyl (C=O) groups excluding carboxylic acids is 1. The molecule has 0 atom stereocenters. The van der Waals surface area contributed by atoms with E-state index in [-0.39, 0.29) is 10.0 Å². The van der Waals surface area contributed by atoms with Crippen LogP contribution in [0.3, 0.4) is 0 Å². The van der Waals surface area contributed by atoms with Crippen molar-refractivity contribution in [3.05, 3.63) is 34.4 Å². The lowest BCUT2D eigenvalue weighted by Gasteiger charge is -2.31. The van der Waals surface area contributed by atoms with Crippen LogP contribution in [0, 0.1) is 11.6 Å². The van der Waals surface area contributed by atoms with E-state index < -0.39 is 28.6 Å². The molecule has 3 N–H and O–H groups in total. The molecule has 20 heavy (non-hydrogen) atoms. The van der Waals surface area contributed by atoms with E-state index in [9.17, 15) is 13.6 Å². The first-order valence-electron chi connectivity index (χ1n) is 6.04. The molecule has 1 aromatic carbocycles. The van der Waals surface area contributed by atoms with Gasteiger partial charge in [-0.15, -0.1) is 0 Å². The van der Waals surface area contributed by atoms with Gasteiger partial charge in [-0.2, -0.15) is 0 Å². The van der Waals surface area contributed by atoms with Crippen LogP contribution < -0.4 is 11.1 Å². The van der Waals surface area contributed by atoms with Crippen LogP contribution in [-0.4, -0.2) is 16.4 Å². The zero-order valence-electron chi connectivity index (χ0n) is 11.1. The Morgan fingerprint density at radius 2 is 1.90 bits per heavy atom. The van der Waals surface area contributed by atoms with Crippen LogP contribution in [-0.2, 0) is 0 Å². The zero-order valence-corrected chi connectivity index (χ0v) is 12.7. The van der Waals surface area contributed by atoms with Gasteiger partial charge in [0, 0.05) is 0 Å². The van der Waals surface area contributed by atoms with Crippen molar-refractivity contribution < 1.29 is 13.6 Å².